The highest BCUT2D eigenvalue weighted by Gasteiger charge is 2.35. The highest BCUT2D eigenvalue weighted by atomic mass is 32.2. The Morgan fingerprint density at radius 2 is 1.97 bits per heavy atom. The van der Waals surface area contributed by atoms with Gasteiger partial charge in [0.1, 0.15) is 0 Å². The number of esters is 1. The van der Waals surface area contributed by atoms with Crippen molar-refractivity contribution in [2.75, 3.05) is 4.90 Å². The van der Waals surface area contributed by atoms with Crippen LogP contribution in [-0.2, 0) is 14.3 Å². The fourth-order valence-corrected chi connectivity index (χ4v) is 4.81. The van der Waals surface area contributed by atoms with Crippen LogP contribution < -0.4 is 4.90 Å². The summed E-state index contributed by atoms with van der Waals surface area (Å²) in [6, 6.07) is 13.5. The standard InChI is InChI=1S/C25H22N2O5S/c1-2-21(32-24(28)16-13-17-11-14-18(15-12-17)27(30)31)25(29)26-19-7-3-5-9-22(19)33-23-10-6-4-8-20(23)26/h3,5-7,9-16,21H,2,4,8H2,1H3. The SMILES string of the molecule is CCC(OC(=O)C=Cc1ccc([N+](=O)[O-])cc1)C(=O)N1C2=C(C=CCC2)Sc2ccccc21. The Morgan fingerprint density at radius 1 is 1.21 bits per heavy atom. The van der Waals surface area contributed by atoms with Crippen LogP contribution in [0.2, 0.25) is 0 Å². The quantitative estimate of drug-likeness (QED) is 0.239. The van der Waals surface area contributed by atoms with E-state index < -0.39 is 17.0 Å². The summed E-state index contributed by atoms with van der Waals surface area (Å²) in [4.78, 5) is 40.0. The van der Waals surface area contributed by atoms with E-state index in [4.69, 9.17) is 4.74 Å². The van der Waals surface area contributed by atoms with Gasteiger partial charge in [0.05, 0.1) is 10.6 Å². The van der Waals surface area contributed by atoms with Gasteiger partial charge >= 0.3 is 5.97 Å². The Balaban J connectivity index is 1.52. The van der Waals surface area contributed by atoms with E-state index in [9.17, 15) is 19.7 Å². The predicted molar refractivity (Wildman–Crippen MR) is 127 cm³/mol. The van der Waals surface area contributed by atoms with Gasteiger partial charge in [-0.3, -0.25) is 19.8 Å². The molecule has 7 nitrogen and oxygen atoms in total. The molecule has 2 aliphatic rings. The van der Waals surface area contributed by atoms with E-state index in [2.05, 4.69) is 6.08 Å². The maximum absolute atomic E-state index is 13.6. The number of carbonyl (C=O) groups is 2. The second-order valence-electron chi connectivity index (χ2n) is 7.51. The molecule has 2 aromatic rings. The summed E-state index contributed by atoms with van der Waals surface area (Å²) in [5, 5.41) is 10.8. The van der Waals surface area contributed by atoms with Gasteiger partial charge in [-0.15, -0.1) is 0 Å². The van der Waals surface area contributed by atoms with Crippen molar-refractivity contribution in [2.24, 2.45) is 0 Å². The molecule has 0 N–H and O–H groups in total. The van der Waals surface area contributed by atoms with Crippen LogP contribution >= 0.6 is 11.8 Å². The molecule has 0 saturated heterocycles. The number of para-hydroxylation sites is 1. The Hall–Kier alpha value is -3.65. The van der Waals surface area contributed by atoms with Gasteiger partial charge in [-0.05, 0) is 55.2 Å². The lowest BCUT2D eigenvalue weighted by Gasteiger charge is -2.35. The first-order valence-corrected chi connectivity index (χ1v) is 11.4. The molecule has 1 amide bonds. The van der Waals surface area contributed by atoms with Crippen molar-refractivity contribution < 1.29 is 19.2 Å². The predicted octanol–water partition coefficient (Wildman–Crippen LogP) is 5.63. The van der Waals surface area contributed by atoms with Crippen molar-refractivity contribution in [3.63, 3.8) is 0 Å². The number of allylic oxidation sites excluding steroid dienone is 3. The molecule has 1 aliphatic heterocycles. The molecular formula is C25H22N2O5S. The molecule has 1 unspecified atom stereocenters. The van der Waals surface area contributed by atoms with Crippen molar-refractivity contribution >= 4 is 41.1 Å². The van der Waals surface area contributed by atoms with E-state index in [-0.39, 0.29) is 11.6 Å². The number of hydrogen-bond acceptors (Lipinski definition) is 6. The van der Waals surface area contributed by atoms with Crippen molar-refractivity contribution in [2.45, 2.75) is 37.2 Å². The van der Waals surface area contributed by atoms with Crippen LogP contribution in [0.1, 0.15) is 31.7 Å². The lowest BCUT2D eigenvalue weighted by molar-refractivity contribution is -0.384. The van der Waals surface area contributed by atoms with Crippen LogP contribution in [0.5, 0.6) is 0 Å². The monoisotopic (exact) mass is 462 g/mol. The third kappa shape index (κ3) is 4.90. The summed E-state index contributed by atoms with van der Waals surface area (Å²) in [7, 11) is 0. The third-order valence-electron chi connectivity index (χ3n) is 5.34. The van der Waals surface area contributed by atoms with Crippen LogP contribution in [0.15, 0.2) is 82.3 Å². The number of amides is 1. The largest absolute Gasteiger partial charge is 0.449 e. The average Bonchev–Trinajstić information content (AvgIpc) is 2.84. The number of nitrogens with zero attached hydrogens (tertiary/aromatic N) is 2. The number of nitro groups is 1. The normalized spacial score (nSPS) is 15.7. The highest BCUT2D eigenvalue weighted by Crippen LogP contribution is 2.46. The van der Waals surface area contributed by atoms with Gasteiger partial charge in [-0.1, -0.05) is 43.0 Å². The number of anilines is 1. The number of ether oxygens (including phenoxy) is 1. The first kappa shape index (κ1) is 22.5. The summed E-state index contributed by atoms with van der Waals surface area (Å²) in [6.07, 6.45) is 7.86. The van der Waals surface area contributed by atoms with Crippen LogP contribution in [0, 0.1) is 10.1 Å². The van der Waals surface area contributed by atoms with Gasteiger partial charge in [0, 0.05) is 33.7 Å². The molecule has 0 aromatic heterocycles. The molecule has 2 aromatic carbocycles. The molecule has 33 heavy (non-hydrogen) atoms. The van der Waals surface area contributed by atoms with Gasteiger partial charge in [-0.25, -0.2) is 4.79 Å². The Labute approximate surface area is 195 Å². The second kappa shape index (κ2) is 9.87. The maximum Gasteiger partial charge on any atom is 0.331 e. The molecule has 4 rings (SSSR count). The average molecular weight is 463 g/mol. The van der Waals surface area contributed by atoms with Crippen molar-refractivity contribution in [1.82, 2.24) is 0 Å². The number of hydrogen-bond donors (Lipinski definition) is 0. The fourth-order valence-electron chi connectivity index (χ4n) is 3.69. The molecule has 1 heterocycles. The van der Waals surface area contributed by atoms with Gasteiger partial charge in [0.25, 0.3) is 11.6 Å². The molecule has 0 fully saturated rings. The lowest BCUT2D eigenvalue weighted by atomic mass is 10.1. The number of fused-ring (bicyclic) bond motifs is 1. The number of benzene rings is 2. The van der Waals surface area contributed by atoms with Crippen LogP contribution in [0.4, 0.5) is 11.4 Å². The Kier molecular flexibility index (Phi) is 6.74. The molecular weight excluding hydrogens is 440 g/mol. The maximum atomic E-state index is 13.6. The van der Waals surface area contributed by atoms with Crippen molar-refractivity contribution in [3.8, 4) is 0 Å². The highest BCUT2D eigenvalue weighted by molar-refractivity contribution is 8.03. The number of non-ortho nitro benzene ring substituents is 1. The van der Waals surface area contributed by atoms with Gasteiger partial charge in [0.2, 0.25) is 0 Å². The molecule has 0 saturated carbocycles. The summed E-state index contributed by atoms with van der Waals surface area (Å²) in [5.41, 5.74) is 2.32. The minimum Gasteiger partial charge on any atom is -0.449 e. The number of nitro benzene ring substituents is 1. The van der Waals surface area contributed by atoms with Crippen LogP contribution in [0.25, 0.3) is 6.08 Å². The first-order valence-electron chi connectivity index (χ1n) is 10.6. The van der Waals surface area contributed by atoms with Gasteiger partial charge < -0.3 is 4.74 Å². The lowest BCUT2D eigenvalue weighted by Crippen LogP contribution is -2.42. The number of carbonyl (C=O) groups excluding carboxylic acids is 2. The van der Waals surface area contributed by atoms with Crippen LogP contribution in [-0.4, -0.2) is 22.9 Å². The summed E-state index contributed by atoms with van der Waals surface area (Å²) < 4.78 is 5.52. The fraction of sp³-hybridized carbons (Fsp3) is 0.200. The topological polar surface area (TPSA) is 89.7 Å². The molecule has 168 valence electrons. The van der Waals surface area contributed by atoms with E-state index in [0.29, 0.717) is 12.0 Å². The van der Waals surface area contributed by atoms with Crippen molar-refractivity contribution in [3.05, 3.63) is 93.0 Å². The third-order valence-corrected chi connectivity index (χ3v) is 6.50. The second-order valence-corrected chi connectivity index (χ2v) is 8.59. The van der Waals surface area contributed by atoms with E-state index in [0.717, 1.165) is 34.0 Å². The van der Waals surface area contributed by atoms with E-state index in [1.165, 1.54) is 36.4 Å². The molecule has 0 bridgehead atoms. The van der Waals surface area contributed by atoms with E-state index in [1.807, 2.05) is 30.3 Å². The first-order chi connectivity index (χ1) is 16.0. The summed E-state index contributed by atoms with van der Waals surface area (Å²) in [5.74, 6) is -0.920. The minimum absolute atomic E-state index is 0.0300. The van der Waals surface area contributed by atoms with E-state index in [1.54, 1.807) is 23.6 Å². The van der Waals surface area contributed by atoms with Crippen molar-refractivity contribution in [1.29, 1.82) is 0 Å². The van der Waals surface area contributed by atoms with Crippen LogP contribution in [0.3, 0.4) is 0 Å². The molecule has 8 heteroatoms. The molecule has 1 aliphatic carbocycles. The smallest absolute Gasteiger partial charge is 0.331 e. The van der Waals surface area contributed by atoms with Gasteiger partial charge in [0.15, 0.2) is 6.10 Å². The summed E-state index contributed by atoms with van der Waals surface area (Å²) >= 11 is 1.64. The van der Waals surface area contributed by atoms with Gasteiger partial charge in [-0.2, -0.15) is 0 Å². The molecule has 0 spiro atoms. The zero-order valence-electron chi connectivity index (χ0n) is 18.0. The molecule has 0 radical (unpaired) electrons. The minimum atomic E-state index is -0.935. The zero-order valence-corrected chi connectivity index (χ0v) is 18.8. The zero-order chi connectivity index (χ0) is 23.4. The summed E-state index contributed by atoms with van der Waals surface area (Å²) in [6.45, 7) is 1.80. The number of thioether (sulfide) groups is 1. The molecule has 1 atom stereocenters. The Bertz CT molecular complexity index is 1180. The number of rotatable bonds is 6. The van der Waals surface area contributed by atoms with E-state index >= 15 is 0 Å². The Morgan fingerprint density at radius 3 is 2.70 bits per heavy atom.